The Morgan fingerprint density at radius 1 is 1.69 bits per heavy atom. The minimum atomic E-state index is 0.505. The molecule has 0 aromatic carbocycles. The Bertz CT molecular complexity index is 271. The van der Waals surface area contributed by atoms with Crippen LogP contribution in [0.25, 0.3) is 0 Å². The summed E-state index contributed by atoms with van der Waals surface area (Å²) in [5.41, 5.74) is 6.54. The highest BCUT2D eigenvalue weighted by Crippen LogP contribution is 1.94. The molecule has 1 rings (SSSR count). The van der Waals surface area contributed by atoms with E-state index in [1.54, 1.807) is 19.5 Å². The van der Waals surface area contributed by atoms with Gasteiger partial charge in [-0.25, -0.2) is 0 Å². The Morgan fingerprint density at radius 3 is 3.15 bits per heavy atom. The minimum Gasteiger partial charge on any atom is -0.383 e. The molecule has 1 aromatic heterocycles. The van der Waals surface area contributed by atoms with E-state index in [9.17, 15) is 0 Å². The summed E-state index contributed by atoms with van der Waals surface area (Å²) in [4.78, 5) is 8.06. The molecule has 4 nitrogen and oxygen atoms in total. The minimum absolute atomic E-state index is 0.505. The fourth-order valence-electron chi connectivity index (χ4n) is 0.863. The molecule has 0 bridgehead atoms. The van der Waals surface area contributed by atoms with Crippen LogP contribution in [0.1, 0.15) is 5.56 Å². The topological polar surface area (TPSA) is 60.5 Å². The molecule has 0 unspecified atom stereocenters. The highest BCUT2D eigenvalue weighted by Gasteiger charge is 1.95. The summed E-state index contributed by atoms with van der Waals surface area (Å²) in [7, 11) is 1.63. The van der Waals surface area contributed by atoms with E-state index in [1.807, 2.05) is 12.1 Å². The van der Waals surface area contributed by atoms with E-state index in [0.717, 1.165) is 5.56 Å². The first-order valence-electron chi connectivity index (χ1n) is 4.04. The number of pyridine rings is 1. The first-order valence-corrected chi connectivity index (χ1v) is 4.04. The standard InChI is InChI=1S/C9H13N3O/c1-13-6-5-12-9(10)8-3-2-4-11-7-8/h2-4,7H,5-6H2,1H3,(H2,10,12). The van der Waals surface area contributed by atoms with Crippen molar-refractivity contribution in [2.75, 3.05) is 20.3 Å². The van der Waals surface area contributed by atoms with Gasteiger partial charge in [0.1, 0.15) is 5.84 Å². The molecule has 0 spiro atoms. The lowest BCUT2D eigenvalue weighted by Gasteiger charge is -1.99. The summed E-state index contributed by atoms with van der Waals surface area (Å²) in [5, 5.41) is 0. The van der Waals surface area contributed by atoms with E-state index in [0.29, 0.717) is 19.0 Å². The monoisotopic (exact) mass is 179 g/mol. The van der Waals surface area contributed by atoms with Crippen LogP contribution in [0, 0.1) is 0 Å². The first-order chi connectivity index (χ1) is 6.34. The highest BCUT2D eigenvalue weighted by atomic mass is 16.5. The van der Waals surface area contributed by atoms with Gasteiger partial charge in [0.2, 0.25) is 0 Å². The van der Waals surface area contributed by atoms with Gasteiger partial charge in [-0.05, 0) is 12.1 Å². The molecule has 0 aliphatic carbocycles. The molecule has 0 radical (unpaired) electrons. The van der Waals surface area contributed by atoms with E-state index in [4.69, 9.17) is 10.5 Å². The smallest absolute Gasteiger partial charge is 0.127 e. The molecule has 0 atom stereocenters. The van der Waals surface area contributed by atoms with E-state index in [2.05, 4.69) is 9.98 Å². The molecule has 2 N–H and O–H groups in total. The van der Waals surface area contributed by atoms with E-state index in [1.165, 1.54) is 0 Å². The van der Waals surface area contributed by atoms with Crippen LogP contribution in [-0.4, -0.2) is 31.1 Å². The quantitative estimate of drug-likeness (QED) is 0.414. The molecule has 1 aromatic rings. The average molecular weight is 179 g/mol. The van der Waals surface area contributed by atoms with Crippen molar-refractivity contribution in [2.24, 2.45) is 10.7 Å². The van der Waals surface area contributed by atoms with Crippen LogP contribution in [0.3, 0.4) is 0 Å². The van der Waals surface area contributed by atoms with Gasteiger partial charge in [-0.1, -0.05) is 0 Å². The Hall–Kier alpha value is -1.42. The lowest BCUT2D eigenvalue weighted by molar-refractivity contribution is 0.208. The first kappa shape index (κ1) is 9.67. The van der Waals surface area contributed by atoms with E-state index >= 15 is 0 Å². The molecule has 0 saturated carbocycles. The number of amidine groups is 1. The Balaban J connectivity index is 2.57. The summed E-state index contributed by atoms with van der Waals surface area (Å²) < 4.78 is 4.85. The maximum Gasteiger partial charge on any atom is 0.127 e. The van der Waals surface area contributed by atoms with Gasteiger partial charge in [-0.15, -0.1) is 0 Å². The van der Waals surface area contributed by atoms with Crippen molar-refractivity contribution in [3.63, 3.8) is 0 Å². The zero-order valence-electron chi connectivity index (χ0n) is 7.60. The van der Waals surface area contributed by atoms with Crippen molar-refractivity contribution in [3.8, 4) is 0 Å². The van der Waals surface area contributed by atoms with Crippen molar-refractivity contribution < 1.29 is 4.74 Å². The molecule has 0 amide bonds. The summed E-state index contributed by atoms with van der Waals surface area (Å²) in [5.74, 6) is 0.505. The normalized spacial score (nSPS) is 11.6. The Morgan fingerprint density at radius 2 is 2.54 bits per heavy atom. The van der Waals surface area contributed by atoms with Crippen molar-refractivity contribution in [2.45, 2.75) is 0 Å². The van der Waals surface area contributed by atoms with Crippen LogP contribution in [0.2, 0.25) is 0 Å². The SMILES string of the molecule is COCCN=C(N)c1cccnc1. The molecule has 13 heavy (non-hydrogen) atoms. The summed E-state index contributed by atoms with van der Waals surface area (Å²) in [6.07, 6.45) is 3.39. The Labute approximate surface area is 77.5 Å². The highest BCUT2D eigenvalue weighted by molar-refractivity contribution is 5.97. The molecule has 0 fully saturated rings. The number of hydrogen-bond acceptors (Lipinski definition) is 3. The predicted octanol–water partition coefficient (Wildman–Crippen LogP) is 0.433. The number of methoxy groups -OCH3 is 1. The number of aliphatic imine (C=N–C) groups is 1. The third-order valence-corrected chi connectivity index (χ3v) is 1.53. The van der Waals surface area contributed by atoms with Crippen LogP contribution in [0.5, 0.6) is 0 Å². The second kappa shape index (κ2) is 5.27. The summed E-state index contributed by atoms with van der Waals surface area (Å²) >= 11 is 0. The number of aromatic nitrogens is 1. The number of nitrogens with two attached hydrogens (primary N) is 1. The van der Waals surface area contributed by atoms with Crippen molar-refractivity contribution in [1.29, 1.82) is 0 Å². The second-order valence-electron chi connectivity index (χ2n) is 2.50. The lowest BCUT2D eigenvalue weighted by atomic mass is 10.3. The fraction of sp³-hybridized carbons (Fsp3) is 0.333. The maximum atomic E-state index is 5.69. The molecule has 0 saturated heterocycles. The lowest BCUT2D eigenvalue weighted by Crippen LogP contribution is -2.14. The van der Waals surface area contributed by atoms with Gasteiger partial charge < -0.3 is 10.5 Å². The van der Waals surface area contributed by atoms with Crippen LogP contribution in [0.15, 0.2) is 29.5 Å². The third kappa shape index (κ3) is 3.21. The van der Waals surface area contributed by atoms with E-state index < -0.39 is 0 Å². The van der Waals surface area contributed by atoms with Crippen molar-refractivity contribution >= 4 is 5.84 Å². The second-order valence-corrected chi connectivity index (χ2v) is 2.50. The molecular weight excluding hydrogens is 166 g/mol. The molecule has 0 aliphatic rings. The zero-order valence-corrected chi connectivity index (χ0v) is 7.60. The largest absolute Gasteiger partial charge is 0.383 e. The number of ether oxygens (including phenoxy) is 1. The van der Waals surface area contributed by atoms with Crippen LogP contribution in [-0.2, 0) is 4.74 Å². The number of rotatable bonds is 4. The van der Waals surface area contributed by atoms with Gasteiger partial charge in [-0.3, -0.25) is 9.98 Å². The molecule has 0 aliphatic heterocycles. The molecule has 4 heteroatoms. The predicted molar refractivity (Wildman–Crippen MR) is 51.7 cm³/mol. The third-order valence-electron chi connectivity index (χ3n) is 1.53. The summed E-state index contributed by atoms with van der Waals surface area (Å²) in [6, 6.07) is 3.70. The Kier molecular flexibility index (Phi) is 3.92. The van der Waals surface area contributed by atoms with Gasteiger partial charge in [0, 0.05) is 25.1 Å². The van der Waals surface area contributed by atoms with Crippen molar-refractivity contribution in [1.82, 2.24) is 4.98 Å². The average Bonchev–Trinajstić information content (AvgIpc) is 2.19. The number of nitrogens with zero attached hydrogens (tertiary/aromatic N) is 2. The maximum absolute atomic E-state index is 5.69. The van der Waals surface area contributed by atoms with Gasteiger partial charge in [-0.2, -0.15) is 0 Å². The van der Waals surface area contributed by atoms with Gasteiger partial charge >= 0.3 is 0 Å². The van der Waals surface area contributed by atoms with Crippen LogP contribution >= 0.6 is 0 Å². The van der Waals surface area contributed by atoms with Gasteiger partial charge in [0.25, 0.3) is 0 Å². The van der Waals surface area contributed by atoms with Gasteiger partial charge in [0.05, 0.1) is 13.2 Å². The molecule has 1 heterocycles. The summed E-state index contributed by atoms with van der Waals surface area (Å²) in [6.45, 7) is 1.16. The van der Waals surface area contributed by atoms with Crippen molar-refractivity contribution in [3.05, 3.63) is 30.1 Å². The van der Waals surface area contributed by atoms with E-state index in [-0.39, 0.29) is 0 Å². The van der Waals surface area contributed by atoms with Gasteiger partial charge in [0.15, 0.2) is 0 Å². The van der Waals surface area contributed by atoms with Crippen LogP contribution < -0.4 is 5.73 Å². The molecule has 70 valence electrons. The number of hydrogen-bond donors (Lipinski definition) is 1. The molecular formula is C9H13N3O. The zero-order chi connectivity index (χ0) is 9.52. The van der Waals surface area contributed by atoms with Crippen LogP contribution in [0.4, 0.5) is 0 Å². The fourth-order valence-corrected chi connectivity index (χ4v) is 0.863.